The van der Waals surface area contributed by atoms with Gasteiger partial charge in [0.05, 0.1) is 11.0 Å². The Labute approximate surface area is 109 Å². The van der Waals surface area contributed by atoms with E-state index in [1.54, 1.807) is 0 Å². The fourth-order valence-electron chi connectivity index (χ4n) is 2.38. The topological polar surface area (TPSA) is 54.7 Å². The van der Waals surface area contributed by atoms with Gasteiger partial charge in [0.2, 0.25) is 0 Å². The van der Waals surface area contributed by atoms with Gasteiger partial charge in [-0.1, -0.05) is 32.8 Å². The molecule has 2 rings (SSSR count). The van der Waals surface area contributed by atoms with Gasteiger partial charge in [0.15, 0.2) is 0 Å². The average Bonchev–Trinajstić information content (AvgIpc) is 2.82. The van der Waals surface area contributed by atoms with Gasteiger partial charge in [-0.2, -0.15) is 0 Å². The minimum atomic E-state index is 0.554. The summed E-state index contributed by atoms with van der Waals surface area (Å²) < 4.78 is 0. The number of nitrogens with zero attached hydrogens (tertiary/aromatic N) is 1. The highest BCUT2D eigenvalue weighted by molar-refractivity contribution is 5.76. The molecule has 2 aromatic rings. The average molecular weight is 245 g/mol. The molecule has 1 aromatic carbocycles. The molecule has 18 heavy (non-hydrogen) atoms. The van der Waals surface area contributed by atoms with Crippen LogP contribution in [0.1, 0.15) is 56.8 Å². The van der Waals surface area contributed by atoms with Gasteiger partial charge in [-0.15, -0.1) is 0 Å². The van der Waals surface area contributed by atoms with Crippen molar-refractivity contribution in [3.8, 4) is 0 Å². The summed E-state index contributed by atoms with van der Waals surface area (Å²) >= 11 is 0. The van der Waals surface area contributed by atoms with Crippen LogP contribution >= 0.6 is 0 Å². The van der Waals surface area contributed by atoms with Crippen LogP contribution in [-0.4, -0.2) is 9.97 Å². The summed E-state index contributed by atoms with van der Waals surface area (Å²) in [6.45, 7) is 5.05. The number of nitrogens with two attached hydrogens (primary N) is 1. The van der Waals surface area contributed by atoms with E-state index in [1.807, 2.05) is 0 Å². The molecule has 0 spiro atoms. The van der Waals surface area contributed by atoms with Crippen molar-refractivity contribution in [1.82, 2.24) is 9.97 Å². The second-order valence-corrected chi connectivity index (χ2v) is 4.93. The summed E-state index contributed by atoms with van der Waals surface area (Å²) in [4.78, 5) is 8.18. The monoisotopic (exact) mass is 245 g/mol. The first-order valence-corrected chi connectivity index (χ1v) is 6.97. The number of imidazole rings is 1. The molecule has 3 N–H and O–H groups in total. The summed E-state index contributed by atoms with van der Waals surface area (Å²) in [5.41, 5.74) is 8.98. The number of aromatic nitrogens is 2. The van der Waals surface area contributed by atoms with Gasteiger partial charge in [-0.25, -0.2) is 4.98 Å². The Hall–Kier alpha value is -1.35. The molecule has 1 atom stereocenters. The lowest BCUT2D eigenvalue weighted by Gasteiger charge is -2.10. The number of hydrogen-bond donors (Lipinski definition) is 2. The number of unbranched alkanes of at least 4 members (excludes halogenated alkanes) is 1. The standard InChI is InChI=1S/C15H23N3/c1-3-5-6-12(4-2)15-17-13-8-7-11(10-16)9-14(13)18-15/h7-9,12H,3-6,10,16H2,1-2H3,(H,17,18). The molecule has 3 heteroatoms. The van der Waals surface area contributed by atoms with E-state index in [4.69, 9.17) is 10.7 Å². The van der Waals surface area contributed by atoms with E-state index >= 15 is 0 Å². The third-order valence-corrected chi connectivity index (χ3v) is 3.59. The van der Waals surface area contributed by atoms with Crippen LogP contribution in [0.5, 0.6) is 0 Å². The molecule has 3 nitrogen and oxygen atoms in total. The summed E-state index contributed by atoms with van der Waals surface area (Å²) in [5, 5.41) is 0. The number of H-pyrrole nitrogens is 1. The van der Waals surface area contributed by atoms with Gasteiger partial charge >= 0.3 is 0 Å². The van der Waals surface area contributed by atoms with E-state index in [0.717, 1.165) is 28.8 Å². The molecule has 0 fully saturated rings. The second-order valence-electron chi connectivity index (χ2n) is 4.93. The van der Waals surface area contributed by atoms with E-state index in [2.05, 4.69) is 37.0 Å². The number of aromatic amines is 1. The molecular formula is C15H23N3. The van der Waals surface area contributed by atoms with E-state index in [9.17, 15) is 0 Å². The number of hydrogen-bond acceptors (Lipinski definition) is 2. The van der Waals surface area contributed by atoms with Crippen molar-refractivity contribution in [3.63, 3.8) is 0 Å². The van der Waals surface area contributed by atoms with Gasteiger partial charge < -0.3 is 10.7 Å². The summed E-state index contributed by atoms with van der Waals surface area (Å²) in [5.74, 6) is 1.69. The molecule has 0 aliphatic carbocycles. The Morgan fingerprint density at radius 3 is 2.83 bits per heavy atom. The molecule has 0 saturated heterocycles. The Morgan fingerprint density at radius 1 is 1.33 bits per heavy atom. The number of fused-ring (bicyclic) bond motifs is 1. The minimum absolute atomic E-state index is 0.554. The summed E-state index contributed by atoms with van der Waals surface area (Å²) in [7, 11) is 0. The third-order valence-electron chi connectivity index (χ3n) is 3.59. The number of nitrogens with one attached hydrogen (secondary N) is 1. The van der Waals surface area contributed by atoms with Crippen molar-refractivity contribution >= 4 is 11.0 Å². The predicted octanol–water partition coefficient (Wildman–Crippen LogP) is 3.71. The van der Waals surface area contributed by atoms with Crippen molar-refractivity contribution in [2.45, 2.75) is 52.0 Å². The highest BCUT2D eigenvalue weighted by Gasteiger charge is 2.13. The van der Waals surface area contributed by atoms with Crippen molar-refractivity contribution in [2.75, 3.05) is 0 Å². The summed E-state index contributed by atoms with van der Waals surface area (Å²) in [6, 6.07) is 6.22. The first-order chi connectivity index (χ1) is 8.78. The fraction of sp³-hybridized carbons (Fsp3) is 0.533. The molecule has 0 amide bonds. The van der Waals surface area contributed by atoms with Crippen LogP contribution in [0.3, 0.4) is 0 Å². The first-order valence-electron chi connectivity index (χ1n) is 6.97. The molecule has 0 radical (unpaired) electrons. The maximum absolute atomic E-state index is 5.67. The van der Waals surface area contributed by atoms with Crippen molar-refractivity contribution in [3.05, 3.63) is 29.6 Å². The van der Waals surface area contributed by atoms with Gasteiger partial charge in [0.1, 0.15) is 5.82 Å². The summed E-state index contributed by atoms with van der Waals surface area (Å²) in [6.07, 6.45) is 4.87. The van der Waals surface area contributed by atoms with Crippen molar-refractivity contribution in [1.29, 1.82) is 0 Å². The molecule has 1 heterocycles. The number of benzene rings is 1. The molecule has 0 bridgehead atoms. The second kappa shape index (κ2) is 6.01. The Balaban J connectivity index is 2.27. The smallest absolute Gasteiger partial charge is 0.110 e. The molecule has 1 unspecified atom stereocenters. The molecule has 1 aromatic heterocycles. The van der Waals surface area contributed by atoms with Gasteiger partial charge in [-0.05, 0) is 30.5 Å². The maximum atomic E-state index is 5.67. The largest absolute Gasteiger partial charge is 0.342 e. The lowest BCUT2D eigenvalue weighted by molar-refractivity contribution is 0.549. The molecule has 0 saturated carbocycles. The Bertz CT molecular complexity index is 501. The van der Waals surface area contributed by atoms with Crippen LogP contribution in [-0.2, 0) is 6.54 Å². The van der Waals surface area contributed by atoms with Crippen LogP contribution in [0.15, 0.2) is 18.2 Å². The zero-order valence-corrected chi connectivity index (χ0v) is 11.4. The van der Waals surface area contributed by atoms with Crippen LogP contribution in [0.2, 0.25) is 0 Å². The van der Waals surface area contributed by atoms with Crippen LogP contribution in [0.25, 0.3) is 11.0 Å². The zero-order valence-electron chi connectivity index (χ0n) is 11.4. The van der Waals surface area contributed by atoms with Crippen molar-refractivity contribution < 1.29 is 0 Å². The van der Waals surface area contributed by atoms with E-state index in [1.165, 1.54) is 19.3 Å². The predicted molar refractivity (Wildman–Crippen MR) is 76.5 cm³/mol. The molecular weight excluding hydrogens is 222 g/mol. The van der Waals surface area contributed by atoms with E-state index in [0.29, 0.717) is 12.5 Å². The van der Waals surface area contributed by atoms with E-state index in [-0.39, 0.29) is 0 Å². The quantitative estimate of drug-likeness (QED) is 0.815. The van der Waals surface area contributed by atoms with E-state index < -0.39 is 0 Å². The van der Waals surface area contributed by atoms with Gasteiger partial charge in [0, 0.05) is 12.5 Å². The van der Waals surface area contributed by atoms with Crippen LogP contribution in [0.4, 0.5) is 0 Å². The lowest BCUT2D eigenvalue weighted by Crippen LogP contribution is -1.99. The fourth-order valence-corrected chi connectivity index (χ4v) is 2.38. The molecule has 0 aliphatic rings. The number of rotatable bonds is 6. The lowest BCUT2D eigenvalue weighted by atomic mass is 9.99. The van der Waals surface area contributed by atoms with Crippen LogP contribution in [0, 0.1) is 0 Å². The van der Waals surface area contributed by atoms with Crippen molar-refractivity contribution in [2.24, 2.45) is 5.73 Å². The van der Waals surface area contributed by atoms with Gasteiger partial charge in [0.25, 0.3) is 0 Å². The van der Waals surface area contributed by atoms with Crippen LogP contribution < -0.4 is 5.73 Å². The highest BCUT2D eigenvalue weighted by Crippen LogP contribution is 2.25. The first kappa shape index (κ1) is 13.1. The Morgan fingerprint density at radius 2 is 2.17 bits per heavy atom. The molecule has 0 aliphatic heterocycles. The van der Waals surface area contributed by atoms with Gasteiger partial charge in [-0.3, -0.25) is 0 Å². The normalized spacial score (nSPS) is 13.1. The molecule has 98 valence electrons. The third kappa shape index (κ3) is 2.72. The zero-order chi connectivity index (χ0) is 13.0. The highest BCUT2D eigenvalue weighted by atomic mass is 14.9. The Kier molecular flexibility index (Phi) is 4.37. The SMILES string of the molecule is CCCCC(CC)c1nc2ccc(CN)cc2[nH]1. The minimum Gasteiger partial charge on any atom is -0.342 e. The maximum Gasteiger partial charge on any atom is 0.110 e.